The average Bonchev–Trinajstić information content (AvgIpc) is 3.75. The molecule has 1 aliphatic rings. The van der Waals surface area contributed by atoms with Gasteiger partial charge in [-0.15, -0.1) is 0 Å². The maximum absolute atomic E-state index is 14.7. The highest BCUT2D eigenvalue weighted by atomic mass is 16.5. The van der Waals surface area contributed by atoms with Crippen LogP contribution < -0.4 is 31.9 Å². The number of aromatic amines is 1. The second-order valence-corrected chi connectivity index (χ2v) is 17.9. The number of carbonyl (C=O) groups excluding carboxylic acids is 7. The van der Waals surface area contributed by atoms with Crippen molar-refractivity contribution in [3.8, 4) is 0 Å². The Morgan fingerprint density at radius 2 is 1.41 bits per heavy atom. The van der Waals surface area contributed by atoms with Crippen LogP contribution in [0.25, 0.3) is 10.9 Å². The molecule has 1 aliphatic heterocycles. The summed E-state index contributed by atoms with van der Waals surface area (Å²) in [5.74, 6) is -12.1. The Kier molecular flexibility index (Phi) is 20.4. The summed E-state index contributed by atoms with van der Waals surface area (Å²) in [5.41, 5.74) is 2.71. The number of amides is 7. The lowest BCUT2D eigenvalue weighted by atomic mass is 9.94. The van der Waals surface area contributed by atoms with Crippen LogP contribution in [0.15, 0.2) is 96.9 Å². The molecule has 20 heteroatoms. The third kappa shape index (κ3) is 15.7. The topological polar surface area (TPSA) is 295 Å². The van der Waals surface area contributed by atoms with E-state index >= 15 is 0 Å². The molecule has 71 heavy (non-hydrogen) atoms. The third-order valence-corrected chi connectivity index (χ3v) is 12.5. The van der Waals surface area contributed by atoms with Gasteiger partial charge in [-0.05, 0) is 50.8 Å². The van der Waals surface area contributed by atoms with Gasteiger partial charge in [0.05, 0.1) is 24.0 Å². The molecule has 382 valence electrons. The number of carboxylic acids is 2. The normalized spacial score (nSPS) is 25.4. The van der Waals surface area contributed by atoms with Crippen LogP contribution >= 0.6 is 0 Å². The SMILES string of the molecule is C=C1C(=O)N[C@H](C)C(=O)N[C@@H](C)C(=O)NC(C(=O)O)[C@H](C)C(=O)NC(Cc2c[nH]c3ccccc23)C(=O)NC(/C=C/C(C)=C/[C@H](C)[C@H](Cc2ccccc2)OC)[C@H](C)C(=O)N[C@@H](C(=O)O)CCC(=O)N1C. The summed E-state index contributed by atoms with van der Waals surface area (Å²) in [4.78, 5) is 125. The Balaban J connectivity index is 1.78. The van der Waals surface area contributed by atoms with Crippen LogP contribution in [0, 0.1) is 17.8 Å². The van der Waals surface area contributed by atoms with Gasteiger partial charge in [-0.1, -0.05) is 99.7 Å². The second kappa shape index (κ2) is 25.8. The number of ether oxygens (including phenoxy) is 1. The monoisotopic (exact) mass is 982 g/mol. The van der Waals surface area contributed by atoms with Crippen molar-refractivity contribution in [2.45, 2.75) is 110 Å². The molecular formula is C51H66N8O12. The molecule has 0 radical (unpaired) electrons. The second-order valence-electron chi connectivity index (χ2n) is 17.9. The Labute approximate surface area is 412 Å². The number of nitrogens with one attached hydrogen (secondary N) is 7. The van der Waals surface area contributed by atoms with Gasteiger partial charge in [0.1, 0.15) is 35.9 Å². The predicted octanol–water partition coefficient (Wildman–Crippen LogP) is 2.26. The number of methoxy groups -OCH3 is 1. The zero-order valence-electron chi connectivity index (χ0n) is 41.2. The minimum Gasteiger partial charge on any atom is -0.480 e. The van der Waals surface area contributed by atoms with Crippen molar-refractivity contribution >= 4 is 64.2 Å². The Morgan fingerprint density at radius 1 is 0.789 bits per heavy atom. The lowest BCUT2D eigenvalue weighted by Gasteiger charge is -2.28. The molecular weight excluding hydrogens is 917 g/mol. The number of likely N-dealkylation sites (N-methyl/N-ethyl adjacent to an activating group) is 1. The molecule has 0 bridgehead atoms. The molecule has 7 amide bonds. The van der Waals surface area contributed by atoms with Gasteiger partial charge in [0.15, 0.2) is 0 Å². The Bertz CT molecular complexity index is 2520. The number of aliphatic carboxylic acids is 2. The molecule has 3 aromatic rings. The Morgan fingerprint density at radius 3 is 2.06 bits per heavy atom. The number of allylic oxidation sites excluding steroid dienone is 2. The van der Waals surface area contributed by atoms with E-state index in [1.165, 1.54) is 34.7 Å². The summed E-state index contributed by atoms with van der Waals surface area (Å²) < 4.78 is 5.84. The number of para-hydroxylation sites is 1. The molecule has 4 rings (SSSR count). The van der Waals surface area contributed by atoms with Crippen LogP contribution in [-0.4, -0.2) is 130 Å². The summed E-state index contributed by atoms with van der Waals surface area (Å²) in [6.45, 7) is 12.6. The van der Waals surface area contributed by atoms with Crippen LogP contribution in [0.5, 0.6) is 0 Å². The summed E-state index contributed by atoms with van der Waals surface area (Å²) in [6.07, 6.45) is 6.23. The summed E-state index contributed by atoms with van der Waals surface area (Å²) in [6, 6.07) is 8.23. The minimum absolute atomic E-state index is 0.113. The minimum atomic E-state index is -1.87. The fraction of sp³-hybridized carbons (Fsp3) is 0.431. The van der Waals surface area contributed by atoms with E-state index < -0.39 is 120 Å². The summed E-state index contributed by atoms with van der Waals surface area (Å²) >= 11 is 0. The van der Waals surface area contributed by atoms with Crippen LogP contribution in [0.4, 0.5) is 0 Å². The van der Waals surface area contributed by atoms with E-state index in [1.807, 2.05) is 56.3 Å². The van der Waals surface area contributed by atoms with Crippen molar-refractivity contribution in [2.24, 2.45) is 17.8 Å². The van der Waals surface area contributed by atoms with Crippen molar-refractivity contribution in [3.05, 3.63) is 108 Å². The van der Waals surface area contributed by atoms with Crippen molar-refractivity contribution in [1.29, 1.82) is 0 Å². The van der Waals surface area contributed by atoms with Gasteiger partial charge >= 0.3 is 11.9 Å². The first-order valence-corrected chi connectivity index (χ1v) is 23.2. The molecule has 2 heterocycles. The van der Waals surface area contributed by atoms with E-state index in [9.17, 15) is 53.4 Å². The number of nitrogens with zero attached hydrogens (tertiary/aromatic N) is 1. The maximum atomic E-state index is 14.7. The predicted molar refractivity (Wildman–Crippen MR) is 263 cm³/mol. The van der Waals surface area contributed by atoms with Crippen LogP contribution in [-0.2, 0) is 60.7 Å². The van der Waals surface area contributed by atoms with Gasteiger partial charge < -0.3 is 56.7 Å². The average molecular weight is 983 g/mol. The molecule has 0 spiro atoms. The molecule has 9 N–H and O–H groups in total. The highest BCUT2D eigenvalue weighted by molar-refractivity contribution is 6.00. The molecule has 10 atom stereocenters. The maximum Gasteiger partial charge on any atom is 0.327 e. The number of rotatable bonds is 11. The Hall–Kier alpha value is -7.61. The number of H-pyrrole nitrogens is 1. The molecule has 20 nitrogen and oxygen atoms in total. The number of hydrogen-bond donors (Lipinski definition) is 9. The fourth-order valence-electron chi connectivity index (χ4n) is 7.84. The first-order chi connectivity index (χ1) is 33.5. The number of fused-ring (bicyclic) bond motifs is 1. The lowest BCUT2D eigenvalue weighted by molar-refractivity contribution is -0.146. The largest absolute Gasteiger partial charge is 0.480 e. The first kappa shape index (κ1) is 56.0. The van der Waals surface area contributed by atoms with E-state index in [-0.39, 0.29) is 18.4 Å². The molecule has 0 aliphatic carbocycles. The van der Waals surface area contributed by atoms with Gasteiger partial charge in [-0.2, -0.15) is 0 Å². The number of aromatic nitrogens is 1. The van der Waals surface area contributed by atoms with Gasteiger partial charge in [0.25, 0.3) is 5.91 Å². The number of carboxylic acid groups (broad SMARTS) is 2. The number of benzene rings is 2. The summed E-state index contributed by atoms with van der Waals surface area (Å²) in [7, 11) is 2.83. The van der Waals surface area contributed by atoms with Crippen LogP contribution in [0.1, 0.15) is 65.5 Å². The van der Waals surface area contributed by atoms with Gasteiger partial charge in [-0.25, -0.2) is 9.59 Å². The standard InChI is InChI=1S/C51H66N8O12/c1-27(23-28(2)41(71-9)24-34-15-11-10-12-16-34)19-20-37-29(3)44(61)56-39(50(67)68)21-22-42(60)59(8)33(7)48(65)54-31(5)46(63)53-32(6)47(64)58-43(51(69)70)30(4)45(62)57-40(49(66)55-37)25-35-26-52-38-18-14-13-17-36(35)38/h10-20,23,26,28-32,37,39-41,43,52H,7,21-22,24-25H2,1-6,8-9H3,(H,53,63)(H,54,65)(H,55,66)(H,56,61)(H,57,62)(H,58,64)(H,67,68)(H,69,70)/b20-19+,27-23+/t28-,29-,30-,31+,32-,37?,39+,40?,41-,43?/m0/s1. The van der Waals surface area contributed by atoms with E-state index in [0.29, 0.717) is 12.0 Å². The van der Waals surface area contributed by atoms with Crippen molar-refractivity contribution in [2.75, 3.05) is 14.2 Å². The van der Waals surface area contributed by atoms with E-state index in [2.05, 4.69) is 43.5 Å². The highest BCUT2D eigenvalue weighted by Gasteiger charge is 2.37. The van der Waals surface area contributed by atoms with E-state index in [4.69, 9.17) is 4.74 Å². The van der Waals surface area contributed by atoms with Gasteiger partial charge in [-0.3, -0.25) is 33.6 Å². The highest BCUT2D eigenvalue weighted by Crippen LogP contribution is 2.21. The van der Waals surface area contributed by atoms with Gasteiger partial charge in [0, 0.05) is 50.0 Å². The van der Waals surface area contributed by atoms with Gasteiger partial charge in [0.2, 0.25) is 35.4 Å². The number of carbonyl (C=O) groups is 9. The van der Waals surface area contributed by atoms with Crippen molar-refractivity contribution < 1.29 is 58.1 Å². The van der Waals surface area contributed by atoms with Crippen LogP contribution in [0.3, 0.4) is 0 Å². The third-order valence-electron chi connectivity index (χ3n) is 12.5. The molecule has 1 saturated heterocycles. The molecule has 0 saturated carbocycles. The van der Waals surface area contributed by atoms with E-state index in [0.717, 1.165) is 26.9 Å². The van der Waals surface area contributed by atoms with Crippen molar-refractivity contribution in [1.82, 2.24) is 41.8 Å². The molecule has 2 aromatic carbocycles. The smallest absolute Gasteiger partial charge is 0.327 e. The molecule has 1 aromatic heterocycles. The first-order valence-electron chi connectivity index (χ1n) is 23.2. The quantitative estimate of drug-likeness (QED) is 0.0988. The summed E-state index contributed by atoms with van der Waals surface area (Å²) in [5, 5.41) is 36.1. The zero-order valence-corrected chi connectivity index (χ0v) is 41.2. The zero-order chi connectivity index (χ0) is 52.7. The van der Waals surface area contributed by atoms with Crippen LogP contribution in [0.2, 0.25) is 0 Å². The lowest BCUT2D eigenvalue weighted by Crippen LogP contribution is -2.58. The number of hydrogen-bond acceptors (Lipinski definition) is 10. The molecule has 1 fully saturated rings. The fourth-order valence-corrected chi connectivity index (χ4v) is 7.84. The van der Waals surface area contributed by atoms with E-state index in [1.54, 1.807) is 43.7 Å². The molecule has 3 unspecified atom stereocenters. The van der Waals surface area contributed by atoms with Crippen molar-refractivity contribution in [3.63, 3.8) is 0 Å².